The standard InChI is InChI=1S/C10H2F6O4/c11-9(12,13)4-1-3-6(17)5(10(14,15)16)2-19-8(3)20-7(4)18/h1-2H. The van der Waals surface area contributed by atoms with Gasteiger partial charge in [-0.15, -0.1) is 0 Å². The summed E-state index contributed by atoms with van der Waals surface area (Å²) in [6.45, 7) is 0. The zero-order valence-electron chi connectivity index (χ0n) is 9.06. The Morgan fingerprint density at radius 3 is 1.95 bits per heavy atom. The van der Waals surface area contributed by atoms with Crippen molar-refractivity contribution in [3.05, 3.63) is 44.1 Å². The van der Waals surface area contributed by atoms with Gasteiger partial charge in [-0.1, -0.05) is 0 Å². The molecule has 2 aromatic heterocycles. The second-order valence-corrected chi connectivity index (χ2v) is 3.62. The normalized spacial score (nSPS) is 12.9. The Bertz CT molecular complexity index is 779. The summed E-state index contributed by atoms with van der Waals surface area (Å²) in [5.41, 5.74) is -7.33. The van der Waals surface area contributed by atoms with Gasteiger partial charge in [-0.2, -0.15) is 26.3 Å². The highest BCUT2D eigenvalue weighted by molar-refractivity contribution is 5.72. The second kappa shape index (κ2) is 4.12. The molecule has 0 atom stereocenters. The molecule has 0 aromatic carbocycles. The van der Waals surface area contributed by atoms with Crippen LogP contribution in [0.1, 0.15) is 11.1 Å². The molecule has 0 N–H and O–H groups in total. The van der Waals surface area contributed by atoms with E-state index < -0.39 is 45.7 Å². The van der Waals surface area contributed by atoms with Crippen molar-refractivity contribution < 1.29 is 35.2 Å². The van der Waals surface area contributed by atoms with Crippen molar-refractivity contribution in [2.75, 3.05) is 0 Å². The predicted molar refractivity (Wildman–Crippen MR) is 51.0 cm³/mol. The number of halogens is 6. The van der Waals surface area contributed by atoms with Crippen LogP contribution < -0.4 is 11.1 Å². The van der Waals surface area contributed by atoms with Gasteiger partial charge in [-0.05, 0) is 6.07 Å². The first kappa shape index (κ1) is 14.2. The molecule has 2 aromatic rings. The molecule has 0 radical (unpaired) electrons. The van der Waals surface area contributed by atoms with Crippen LogP contribution in [-0.2, 0) is 12.4 Å². The van der Waals surface area contributed by atoms with Gasteiger partial charge in [0.15, 0.2) is 0 Å². The predicted octanol–water partition coefficient (Wildman–Crippen LogP) is 2.78. The van der Waals surface area contributed by atoms with E-state index in [1.54, 1.807) is 0 Å². The SMILES string of the molecule is O=c1oc2occ(C(F)(F)F)c(=O)c2cc1C(F)(F)F. The Labute approximate surface area is 104 Å². The van der Waals surface area contributed by atoms with E-state index in [0.29, 0.717) is 0 Å². The molecule has 20 heavy (non-hydrogen) atoms. The number of alkyl halides is 6. The van der Waals surface area contributed by atoms with Crippen LogP contribution >= 0.6 is 0 Å². The molecular weight excluding hydrogens is 298 g/mol. The first-order valence-electron chi connectivity index (χ1n) is 4.76. The van der Waals surface area contributed by atoms with Gasteiger partial charge in [-0.25, -0.2) is 4.79 Å². The largest absolute Gasteiger partial charge is 0.433 e. The van der Waals surface area contributed by atoms with Crippen molar-refractivity contribution in [1.82, 2.24) is 0 Å². The fourth-order valence-corrected chi connectivity index (χ4v) is 1.41. The lowest BCUT2D eigenvalue weighted by Gasteiger charge is -2.07. The van der Waals surface area contributed by atoms with Gasteiger partial charge in [0.1, 0.15) is 22.8 Å². The Morgan fingerprint density at radius 1 is 0.900 bits per heavy atom. The lowest BCUT2D eigenvalue weighted by Crippen LogP contribution is -2.22. The van der Waals surface area contributed by atoms with Crippen LogP contribution in [0.25, 0.3) is 11.2 Å². The fourth-order valence-electron chi connectivity index (χ4n) is 1.41. The summed E-state index contributed by atoms with van der Waals surface area (Å²) in [5.74, 6) is -1.01. The van der Waals surface area contributed by atoms with Crippen LogP contribution in [0.2, 0.25) is 0 Å². The molecular formula is C10H2F6O4. The van der Waals surface area contributed by atoms with E-state index in [1.807, 2.05) is 0 Å². The van der Waals surface area contributed by atoms with Crippen molar-refractivity contribution >= 4 is 11.2 Å². The Kier molecular flexibility index (Phi) is 2.91. The molecule has 0 unspecified atom stereocenters. The molecule has 0 aliphatic carbocycles. The number of fused-ring (bicyclic) bond motifs is 1. The van der Waals surface area contributed by atoms with E-state index in [-0.39, 0.29) is 12.3 Å². The van der Waals surface area contributed by atoms with Crippen molar-refractivity contribution in [3.8, 4) is 0 Å². The summed E-state index contributed by atoms with van der Waals surface area (Å²) in [5, 5.41) is -1.12. The first-order valence-corrected chi connectivity index (χ1v) is 4.76. The molecule has 0 amide bonds. The molecule has 10 heteroatoms. The Hall–Kier alpha value is -2.26. The summed E-state index contributed by atoms with van der Waals surface area (Å²) < 4.78 is 82.8. The third-order valence-corrected chi connectivity index (χ3v) is 2.30. The average Bonchev–Trinajstić information content (AvgIpc) is 2.25. The van der Waals surface area contributed by atoms with Gasteiger partial charge in [0, 0.05) is 0 Å². The van der Waals surface area contributed by atoms with Crippen molar-refractivity contribution in [3.63, 3.8) is 0 Å². The van der Waals surface area contributed by atoms with Crippen LogP contribution in [0.4, 0.5) is 26.3 Å². The van der Waals surface area contributed by atoms with E-state index in [0.717, 1.165) is 0 Å². The maximum Gasteiger partial charge on any atom is 0.423 e. The highest BCUT2D eigenvalue weighted by Gasteiger charge is 2.38. The van der Waals surface area contributed by atoms with E-state index in [9.17, 15) is 35.9 Å². The van der Waals surface area contributed by atoms with Crippen LogP contribution in [0.15, 0.2) is 30.8 Å². The fraction of sp³-hybridized carbons (Fsp3) is 0.200. The number of hydrogen-bond acceptors (Lipinski definition) is 4. The topological polar surface area (TPSA) is 60.4 Å². The zero-order chi connectivity index (χ0) is 15.3. The lowest BCUT2D eigenvalue weighted by molar-refractivity contribution is -0.139. The zero-order valence-corrected chi connectivity index (χ0v) is 9.06. The van der Waals surface area contributed by atoms with Gasteiger partial charge in [-0.3, -0.25) is 4.79 Å². The van der Waals surface area contributed by atoms with Gasteiger partial charge in [0.05, 0.1) is 0 Å². The minimum Gasteiger partial charge on any atom is -0.433 e. The monoisotopic (exact) mass is 300 g/mol. The maximum absolute atomic E-state index is 12.4. The Balaban J connectivity index is 2.89. The molecule has 0 spiro atoms. The van der Waals surface area contributed by atoms with Gasteiger partial charge in [0.25, 0.3) is 0 Å². The number of hydrogen-bond donors (Lipinski definition) is 0. The van der Waals surface area contributed by atoms with Crippen LogP contribution in [0.3, 0.4) is 0 Å². The van der Waals surface area contributed by atoms with Crippen molar-refractivity contribution in [1.29, 1.82) is 0 Å². The quantitative estimate of drug-likeness (QED) is 0.702. The van der Waals surface area contributed by atoms with Crippen molar-refractivity contribution in [2.24, 2.45) is 0 Å². The maximum atomic E-state index is 12.4. The third-order valence-electron chi connectivity index (χ3n) is 2.30. The molecule has 108 valence electrons. The third kappa shape index (κ3) is 2.28. The summed E-state index contributed by atoms with van der Waals surface area (Å²) in [6, 6.07) is -0.0256. The molecule has 0 aliphatic heterocycles. The van der Waals surface area contributed by atoms with Crippen molar-refractivity contribution in [2.45, 2.75) is 12.4 Å². The van der Waals surface area contributed by atoms with Gasteiger partial charge >= 0.3 is 23.8 Å². The smallest absolute Gasteiger partial charge is 0.423 e. The molecule has 0 saturated heterocycles. The van der Waals surface area contributed by atoms with E-state index in [4.69, 9.17) is 0 Å². The number of rotatable bonds is 0. The summed E-state index contributed by atoms with van der Waals surface area (Å²) in [6.07, 6.45) is -10.3. The minimum atomic E-state index is -5.17. The molecule has 2 rings (SSSR count). The summed E-state index contributed by atoms with van der Waals surface area (Å²) in [4.78, 5) is 22.5. The minimum absolute atomic E-state index is 0.0256. The summed E-state index contributed by atoms with van der Waals surface area (Å²) in [7, 11) is 0. The van der Waals surface area contributed by atoms with Crippen LogP contribution in [0.5, 0.6) is 0 Å². The van der Waals surface area contributed by atoms with Gasteiger partial charge < -0.3 is 8.83 Å². The first-order chi connectivity index (χ1) is 9.01. The molecule has 0 fully saturated rings. The average molecular weight is 300 g/mol. The molecule has 4 nitrogen and oxygen atoms in total. The van der Waals surface area contributed by atoms with E-state index in [1.165, 1.54) is 0 Å². The lowest BCUT2D eigenvalue weighted by atomic mass is 10.2. The molecule has 0 bridgehead atoms. The highest BCUT2D eigenvalue weighted by atomic mass is 19.4. The van der Waals surface area contributed by atoms with E-state index >= 15 is 0 Å². The van der Waals surface area contributed by atoms with Crippen LogP contribution in [-0.4, -0.2) is 0 Å². The second-order valence-electron chi connectivity index (χ2n) is 3.62. The molecule has 0 saturated carbocycles. The van der Waals surface area contributed by atoms with Crippen LogP contribution in [0, 0.1) is 0 Å². The van der Waals surface area contributed by atoms with E-state index in [2.05, 4.69) is 8.83 Å². The van der Waals surface area contributed by atoms with Gasteiger partial charge in [0.2, 0.25) is 5.43 Å². The highest BCUT2D eigenvalue weighted by Crippen LogP contribution is 2.30. The Morgan fingerprint density at radius 2 is 1.45 bits per heavy atom. The molecule has 0 aliphatic rings. The summed E-state index contributed by atoms with van der Waals surface area (Å²) >= 11 is 0. The molecule has 2 heterocycles.